The highest BCUT2D eigenvalue weighted by molar-refractivity contribution is 7.99. The number of hydrogen-bond acceptors (Lipinski definition) is 11. The molecule has 0 aromatic heterocycles. The number of rotatable bonds is 12. The molecule has 3 heterocycles. The quantitative estimate of drug-likeness (QED) is 0.126. The van der Waals surface area contributed by atoms with Crippen LogP contribution in [0.1, 0.15) is 65.2 Å². The molecule has 10 nitrogen and oxygen atoms in total. The van der Waals surface area contributed by atoms with E-state index in [0.717, 1.165) is 21.6 Å². The Balaban J connectivity index is 0.000000183. The molecule has 3 fully saturated rings. The zero-order valence-corrected chi connectivity index (χ0v) is 39.9. The molecule has 0 unspecified atom stereocenters. The molecule has 4 aromatic rings. The zero-order valence-electron chi connectivity index (χ0n) is 39.1. The van der Waals surface area contributed by atoms with Crippen LogP contribution in [0.5, 0.6) is 0 Å². The second-order valence-corrected chi connectivity index (χ2v) is 19.0. The SMILES string of the molecule is CO[C@H]1OC[C@@H](C)[C@@H](C)[C@H](OCc2ccccc2)[C@@H]1O.C[C@H]1[C@H](OCc2ccccc2)[C@H](O)[C@@H](C)OC[C@H]1C.C[C@H]1[C@H](OCc2ccccc2)[C@H](O)[C@@H](Sc2ccccc2)OC[C@H]1C. The minimum Gasteiger partial charge on any atom is -0.388 e. The molecule has 0 saturated carbocycles. The van der Waals surface area contributed by atoms with Gasteiger partial charge in [0.15, 0.2) is 6.29 Å². The molecule has 4 aromatic carbocycles. The summed E-state index contributed by atoms with van der Waals surface area (Å²) < 4.78 is 40.6. The van der Waals surface area contributed by atoms with Gasteiger partial charge in [-0.15, -0.1) is 0 Å². The van der Waals surface area contributed by atoms with E-state index in [1.54, 1.807) is 18.9 Å². The molecule has 64 heavy (non-hydrogen) atoms. The molecule has 3 aliphatic heterocycles. The molecule has 0 bridgehead atoms. The fourth-order valence-electron chi connectivity index (χ4n) is 8.02. The lowest BCUT2D eigenvalue weighted by Gasteiger charge is -2.30. The van der Waals surface area contributed by atoms with E-state index in [0.29, 0.717) is 57.4 Å². The summed E-state index contributed by atoms with van der Waals surface area (Å²) in [4.78, 5) is 1.09. The summed E-state index contributed by atoms with van der Waals surface area (Å²) in [5, 5.41) is 31.7. The smallest absolute Gasteiger partial charge is 0.185 e. The first-order valence-corrected chi connectivity index (χ1v) is 23.9. The number of hydrogen-bond donors (Lipinski definition) is 3. The first kappa shape index (κ1) is 51.8. The average Bonchev–Trinajstić information content (AvgIpc) is 3.54. The summed E-state index contributed by atoms with van der Waals surface area (Å²) in [6.45, 7) is 18.1. The predicted octanol–water partition coefficient (Wildman–Crippen LogP) is 9.18. The first-order valence-electron chi connectivity index (χ1n) is 23.0. The van der Waals surface area contributed by atoms with E-state index >= 15 is 0 Å². The second-order valence-electron chi connectivity index (χ2n) is 17.9. The highest BCUT2D eigenvalue weighted by Crippen LogP contribution is 2.36. The highest BCUT2D eigenvalue weighted by Gasteiger charge is 2.41. The Hall–Kier alpha value is -3.17. The van der Waals surface area contributed by atoms with Crippen LogP contribution in [0.15, 0.2) is 126 Å². The fourth-order valence-corrected chi connectivity index (χ4v) is 9.05. The topological polar surface area (TPSA) is 125 Å². The number of thioether (sulfide) groups is 1. The van der Waals surface area contributed by atoms with Crippen LogP contribution in [-0.4, -0.2) is 96.7 Å². The lowest BCUT2D eigenvalue weighted by molar-refractivity contribution is -0.202. The van der Waals surface area contributed by atoms with Gasteiger partial charge in [0.2, 0.25) is 0 Å². The molecule has 0 spiro atoms. The van der Waals surface area contributed by atoms with Crippen molar-refractivity contribution in [1.29, 1.82) is 0 Å². The van der Waals surface area contributed by atoms with Crippen molar-refractivity contribution in [2.75, 3.05) is 26.9 Å². The molecule has 3 N–H and O–H groups in total. The molecular weight excluding hydrogens is 829 g/mol. The maximum atomic E-state index is 11.0. The van der Waals surface area contributed by atoms with Crippen molar-refractivity contribution in [1.82, 2.24) is 0 Å². The molecule has 0 aliphatic carbocycles. The molecule has 0 radical (unpaired) electrons. The van der Waals surface area contributed by atoms with Gasteiger partial charge in [-0.25, -0.2) is 0 Å². The molecule has 7 rings (SSSR count). The maximum Gasteiger partial charge on any atom is 0.185 e. The van der Waals surface area contributed by atoms with Gasteiger partial charge in [0.05, 0.1) is 57.5 Å². The lowest BCUT2D eigenvalue weighted by Crippen LogP contribution is -2.43. The second kappa shape index (κ2) is 26.8. The molecule has 352 valence electrons. The Morgan fingerprint density at radius 2 is 0.828 bits per heavy atom. The third-order valence-electron chi connectivity index (χ3n) is 13.0. The summed E-state index contributed by atoms with van der Waals surface area (Å²) in [7, 11) is 1.54. The number of aliphatic hydroxyl groups excluding tert-OH is 3. The zero-order chi connectivity index (χ0) is 46.0. The van der Waals surface area contributed by atoms with Crippen molar-refractivity contribution in [3.05, 3.63) is 138 Å². The van der Waals surface area contributed by atoms with Crippen LogP contribution in [-0.2, 0) is 53.0 Å². The van der Waals surface area contributed by atoms with Crippen LogP contribution < -0.4 is 0 Å². The van der Waals surface area contributed by atoms with E-state index < -0.39 is 24.6 Å². The van der Waals surface area contributed by atoms with Gasteiger partial charge < -0.3 is 48.5 Å². The minimum absolute atomic E-state index is 0.173. The van der Waals surface area contributed by atoms with Gasteiger partial charge in [-0.1, -0.05) is 162 Å². The molecule has 3 saturated heterocycles. The molecule has 3 aliphatic rings. The minimum atomic E-state index is -0.774. The van der Waals surface area contributed by atoms with E-state index in [9.17, 15) is 15.3 Å². The summed E-state index contributed by atoms with van der Waals surface area (Å²) in [5.74, 6) is 1.74. The summed E-state index contributed by atoms with van der Waals surface area (Å²) in [5.41, 5.74) is 3.02. The normalized spacial score (nSPS) is 33.2. The number of ether oxygens (including phenoxy) is 7. The average molecular weight is 903 g/mol. The summed E-state index contributed by atoms with van der Waals surface area (Å²) >= 11 is 1.56. The third-order valence-corrected chi connectivity index (χ3v) is 14.2. The van der Waals surface area contributed by atoms with Gasteiger partial charge in [0, 0.05) is 18.6 Å². The summed E-state index contributed by atoms with van der Waals surface area (Å²) in [6.07, 6.45) is -3.53. The van der Waals surface area contributed by atoms with Crippen LogP contribution in [0, 0.1) is 35.5 Å². The Kier molecular flexibility index (Phi) is 21.7. The van der Waals surface area contributed by atoms with Crippen molar-refractivity contribution in [2.24, 2.45) is 35.5 Å². The summed E-state index contributed by atoms with van der Waals surface area (Å²) in [6, 6.07) is 40.2. The Labute approximate surface area is 386 Å². The number of benzene rings is 4. The Bertz CT molecular complexity index is 1810. The molecule has 0 amide bonds. The maximum absolute atomic E-state index is 11.0. The van der Waals surface area contributed by atoms with Crippen LogP contribution >= 0.6 is 11.8 Å². The fraction of sp³-hybridized carbons (Fsp3) is 0.547. The first-order chi connectivity index (χ1) is 30.9. The van der Waals surface area contributed by atoms with Crippen LogP contribution in [0.2, 0.25) is 0 Å². The monoisotopic (exact) mass is 903 g/mol. The number of methoxy groups -OCH3 is 1. The number of aliphatic hydroxyl groups is 3. The van der Waals surface area contributed by atoms with Crippen molar-refractivity contribution in [2.45, 2.75) is 128 Å². The van der Waals surface area contributed by atoms with E-state index in [4.69, 9.17) is 33.2 Å². The van der Waals surface area contributed by atoms with E-state index in [2.05, 4.69) is 41.5 Å². The van der Waals surface area contributed by atoms with Gasteiger partial charge in [0.1, 0.15) is 23.7 Å². The Morgan fingerprint density at radius 3 is 1.25 bits per heavy atom. The van der Waals surface area contributed by atoms with Crippen molar-refractivity contribution >= 4 is 11.8 Å². The van der Waals surface area contributed by atoms with Gasteiger partial charge in [-0.2, -0.15) is 0 Å². The van der Waals surface area contributed by atoms with Crippen molar-refractivity contribution in [3.8, 4) is 0 Å². The lowest BCUT2D eigenvalue weighted by atomic mass is 9.88. The molecular formula is C53H74O10S. The van der Waals surface area contributed by atoms with Crippen LogP contribution in [0.25, 0.3) is 0 Å². The van der Waals surface area contributed by atoms with Gasteiger partial charge >= 0.3 is 0 Å². The Morgan fingerprint density at radius 1 is 0.469 bits per heavy atom. The van der Waals surface area contributed by atoms with Gasteiger partial charge in [0.25, 0.3) is 0 Å². The van der Waals surface area contributed by atoms with Crippen molar-refractivity contribution < 1.29 is 48.5 Å². The highest BCUT2D eigenvalue weighted by atomic mass is 32.2. The van der Waals surface area contributed by atoms with E-state index in [1.807, 2.05) is 128 Å². The largest absolute Gasteiger partial charge is 0.388 e. The van der Waals surface area contributed by atoms with Gasteiger partial charge in [-0.3, -0.25) is 0 Å². The van der Waals surface area contributed by atoms with Gasteiger partial charge in [-0.05, 0) is 71.3 Å². The predicted molar refractivity (Wildman–Crippen MR) is 252 cm³/mol. The van der Waals surface area contributed by atoms with Crippen LogP contribution in [0.4, 0.5) is 0 Å². The van der Waals surface area contributed by atoms with Crippen LogP contribution in [0.3, 0.4) is 0 Å². The van der Waals surface area contributed by atoms with E-state index in [-0.39, 0.29) is 47.6 Å². The van der Waals surface area contributed by atoms with E-state index in [1.165, 1.54) is 0 Å². The third kappa shape index (κ3) is 15.5. The van der Waals surface area contributed by atoms with Crippen molar-refractivity contribution in [3.63, 3.8) is 0 Å². The standard InChI is InChI=1S/C21H26O3S.C16H24O4.C16H24O3/c1-15-13-24-21(25-18-11-7-4-8-12-18)19(22)20(16(15)2)23-14-17-9-5-3-6-10-17;1-11-9-20-16(18-3)14(17)15(12(11)2)19-10-13-7-5-4-6-8-13;1-11-9-18-13(3)15(17)16(12(11)2)19-10-14-7-5-4-6-8-14/h3-12,15-16,19-22H,13-14H2,1-2H3;4-8,11-12,14-17H,9-10H2,1-3H3;4-8,11-13,15-17H,9-10H2,1-3H3/t15-,16-,19+,20+,21-;11-,12-,14+,15+,16+;11-,12-,13-,15-,16+/m111/s1. The molecule has 11 heteroatoms. The molecule has 15 atom stereocenters.